The Morgan fingerprint density at radius 2 is 1.09 bits per heavy atom. The molecule has 26 nitrogen and oxygen atoms in total. The average Bonchev–Trinajstić information content (AvgIpc) is 1.84. The number of fused-ring (bicyclic) bond motifs is 1. The number of aromatic hydroxyl groups is 1. The largest absolute Gasteiger partial charge is 0.508 e. The lowest BCUT2D eigenvalue weighted by atomic mass is 10.0. The van der Waals surface area contributed by atoms with Crippen LogP contribution in [0.3, 0.4) is 0 Å². The Labute approximate surface area is 524 Å². The molecule has 5 aromatic rings. The molecule has 1 fully saturated rings. The molecule has 1 aliphatic rings. The average molecular weight is 1250 g/mol. The molecule has 488 valence electrons. The third-order valence-electron chi connectivity index (χ3n) is 15.9. The Hall–Kier alpha value is -8.72. The van der Waals surface area contributed by atoms with Crippen molar-refractivity contribution >= 4 is 64.1 Å². The first-order valence-corrected chi connectivity index (χ1v) is 31.1. The number of carboxylic acid groups (broad SMARTS) is 1. The van der Waals surface area contributed by atoms with Crippen molar-refractivity contribution in [1.82, 2.24) is 57.1 Å². The zero-order valence-electron chi connectivity index (χ0n) is 51.4. The molecular formula is C64H91N15O11. The molecule has 1 saturated heterocycles. The van der Waals surface area contributed by atoms with Gasteiger partial charge in [0, 0.05) is 61.2 Å². The monoisotopic (exact) mass is 1250 g/mol. The van der Waals surface area contributed by atoms with Gasteiger partial charge in [0.1, 0.15) is 54.1 Å². The fourth-order valence-electron chi connectivity index (χ4n) is 10.9. The predicted octanol–water partition coefficient (Wildman–Crippen LogP) is 1.10. The van der Waals surface area contributed by atoms with Gasteiger partial charge in [-0.15, -0.1) is 0 Å². The van der Waals surface area contributed by atoms with Crippen LogP contribution < -0.4 is 60.2 Å². The second-order valence-electron chi connectivity index (χ2n) is 23.5. The molecule has 0 unspecified atom stereocenters. The second kappa shape index (κ2) is 36.1. The Kier molecular flexibility index (Phi) is 28.2. The summed E-state index contributed by atoms with van der Waals surface area (Å²) in [4.78, 5) is 140. The molecule has 3 heterocycles. The summed E-state index contributed by atoms with van der Waals surface area (Å²) >= 11 is 0. The number of H-pyrrole nitrogens is 2. The molecule has 90 heavy (non-hydrogen) atoms. The number of unbranched alkanes of at least 4 members (excludes halogenated alkanes) is 3. The minimum absolute atomic E-state index is 0.00715. The van der Waals surface area contributed by atoms with Gasteiger partial charge in [-0.3, -0.25) is 38.4 Å². The van der Waals surface area contributed by atoms with Crippen molar-refractivity contribution in [2.24, 2.45) is 28.9 Å². The number of phenolic OH excluding ortho intramolecular Hbond substituents is 1. The number of aromatic amines is 2. The Bertz CT molecular complexity index is 3130. The van der Waals surface area contributed by atoms with E-state index in [1.165, 1.54) is 29.6 Å². The number of imidazole rings is 1. The number of para-hydroxylation sites is 1. The molecule has 3 aromatic carbocycles. The highest BCUT2D eigenvalue weighted by Crippen LogP contribution is 2.23. The number of likely N-dealkylation sites (tertiary alicyclic amines) is 1. The van der Waals surface area contributed by atoms with E-state index in [1.54, 1.807) is 48.7 Å². The van der Waals surface area contributed by atoms with Crippen molar-refractivity contribution in [3.05, 3.63) is 120 Å². The van der Waals surface area contributed by atoms with Crippen LogP contribution in [0.5, 0.6) is 5.75 Å². The number of rotatable bonds is 38. The summed E-state index contributed by atoms with van der Waals surface area (Å²) < 4.78 is 0. The number of carbonyl (C=O) groups excluding carboxylic acids is 8. The maximum atomic E-state index is 15.2. The lowest BCUT2D eigenvalue weighted by Gasteiger charge is -2.31. The Morgan fingerprint density at radius 1 is 0.578 bits per heavy atom. The first kappa shape index (κ1) is 70.4. The summed E-state index contributed by atoms with van der Waals surface area (Å²) in [7, 11) is 0. The number of carboxylic acids is 1. The number of aromatic nitrogens is 3. The van der Waals surface area contributed by atoms with Crippen molar-refractivity contribution < 1.29 is 53.4 Å². The van der Waals surface area contributed by atoms with E-state index in [-0.39, 0.29) is 82.7 Å². The third kappa shape index (κ3) is 21.8. The zero-order valence-corrected chi connectivity index (χ0v) is 51.4. The van der Waals surface area contributed by atoms with Gasteiger partial charge in [0.2, 0.25) is 47.3 Å². The van der Waals surface area contributed by atoms with Gasteiger partial charge in [-0.2, -0.15) is 0 Å². The number of aliphatic carboxylic acids is 1. The van der Waals surface area contributed by atoms with Crippen LogP contribution in [0.15, 0.2) is 97.6 Å². The molecule has 0 aliphatic carbocycles. The molecule has 2 aromatic heterocycles. The summed E-state index contributed by atoms with van der Waals surface area (Å²) in [5.41, 5.74) is 26.8. The van der Waals surface area contributed by atoms with E-state index in [0.717, 1.165) is 10.9 Å². The summed E-state index contributed by atoms with van der Waals surface area (Å²) in [5, 5.41) is 40.4. The first-order chi connectivity index (χ1) is 43.3. The fraction of sp³-hybridized carbons (Fsp3) is 0.500. The first-order valence-electron chi connectivity index (χ1n) is 31.1. The van der Waals surface area contributed by atoms with Gasteiger partial charge in [-0.05, 0) is 131 Å². The van der Waals surface area contributed by atoms with Gasteiger partial charge in [-0.25, -0.2) is 9.78 Å². The molecule has 19 N–H and O–H groups in total. The third-order valence-corrected chi connectivity index (χ3v) is 15.9. The normalized spacial score (nSPS) is 15.7. The van der Waals surface area contributed by atoms with E-state index >= 15 is 4.79 Å². The number of nitrogens with one attached hydrogen (secondary N) is 9. The van der Waals surface area contributed by atoms with E-state index in [2.05, 4.69) is 52.2 Å². The van der Waals surface area contributed by atoms with Gasteiger partial charge in [0.05, 0.1) is 12.4 Å². The van der Waals surface area contributed by atoms with Gasteiger partial charge < -0.3 is 85.2 Å². The van der Waals surface area contributed by atoms with Gasteiger partial charge in [0.25, 0.3) is 0 Å². The number of nitrogens with two attached hydrogens (primary N) is 4. The highest BCUT2D eigenvalue weighted by atomic mass is 16.4. The zero-order chi connectivity index (χ0) is 65.1. The number of hydrogen-bond acceptors (Lipinski definition) is 15. The number of phenols is 1. The van der Waals surface area contributed by atoms with Crippen LogP contribution in [0.4, 0.5) is 0 Å². The predicted molar refractivity (Wildman–Crippen MR) is 338 cm³/mol. The Balaban J connectivity index is 1.24. The highest BCUT2D eigenvalue weighted by molar-refractivity contribution is 5.99. The van der Waals surface area contributed by atoms with Crippen molar-refractivity contribution in [1.29, 1.82) is 0 Å². The minimum atomic E-state index is -1.36. The molecule has 1 aliphatic heterocycles. The lowest BCUT2D eigenvalue weighted by molar-refractivity contribution is -0.143. The number of benzene rings is 3. The maximum Gasteiger partial charge on any atom is 0.326 e. The molecule has 9 atom stereocenters. The van der Waals surface area contributed by atoms with Crippen LogP contribution in [-0.4, -0.2) is 164 Å². The summed E-state index contributed by atoms with van der Waals surface area (Å²) in [6, 6.07) is 11.3. The molecule has 0 saturated carbocycles. The van der Waals surface area contributed by atoms with Gasteiger partial charge in [0.15, 0.2) is 0 Å². The summed E-state index contributed by atoms with van der Waals surface area (Å²) in [5.74, 6) is -6.97. The number of hydrogen-bond donors (Lipinski definition) is 15. The molecule has 0 bridgehead atoms. The molecule has 0 spiro atoms. The van der Waals surface area contributed by atoms with E-state index in [1.807, 2.05) is 38.1 Å². The summed E-state index contributed by atoms with van der Waals surface area (Å²) in [6.45, 7) is 4.71. The van der Waals surface area contributed by atoms with E-state index in [4.69, 9.17) is 22.9 Å². The van der Waals surface area contributed by atoms with Crippen molar-refractivity contribution in [3.63, 3.8) is 0 Å². The second-order valence-corrected chi connectivity index (χ2v) is 23.5. The number of amides is 8. The Morgan fingerprint density at radius 3 is 1.68 bits per heavy atom. The van der Waals surface area contributed by atoms with E-state index in [0.29, 0.717) is 80.3 Å². The topological polar surface area (TPSA) is 430 Å². The minimum Gasteiger partial charge on any atom is -0.508 e. The van der Waals surface area contributed by atoms with Crippen molar-refractivity contribution in [3.8, 4) is 5.75 Å². The molecule has 8 amide bonds. The number of nitrogens with zero attached hydrogens (tertiary/aromatic N) is 2. The van der Waals surface area contributed by atoms with Crippen molar-refractivity contribution in [2.75, 3.05) is 26.2 Å². The molecule has 6 rings (SSSR count). The van der Waals surface area contributed by atoms with E-state index < -0.39 is 108 Å². The highest BCUT2D eigenvalue weighted by Gasteiger charge is 2.41. The quantitative estimate of drug-likeness (QED) is 0.0246. The lowest BCUT2D eigenvalue weighted by Crippen LogP contribution is -2.61. The van der Waals surface area contributed by atoms with Crippen LogP contribution in [-0.2, 0) is 68.8 Å². The standard InChI is InChI=1S/C64H91N15O11/c1-39(2)31-54(64(89)90)78-60(85)51(34-42-36-70-47-19-7-6-17-45(42)47)75-61(86)52(35-43-37-69-38-71-43)76-62(87)55-22-14-30-79(55)63(88)53(33-40-15-4-3-5-16-40)77-58(83)49(21-10-13-29-67)72-57(82)48(20-9-12-28-66)73-59(84)50(32-41-23-25-44(80)26-24-41)74-56(81)46(68)18-8-11-27-65/h3-7,15-17,19,23-26,36-39,46,48-55,70,80H,8-14,18,20-22,27-35,65-68H2,1-2H3,(H,69,71)(H,72,82)(H,73,84)(H,74,81)(H,75,86)(H,76,87)(H,77,83)(H,78,85)(H,89,90)/t46-,48-,49-,50-,51-,52-,53-,54-,55-/m0/s1. The molecule has 0 radical (unpaired) electrons. The van der Waals surface area contributed by atoms with Crippen molar-refractivity contribution in [2.45, 2.75) is 171 Å². The SMILES string of the molecule is CC(C)C[C@H](NC(=O)[C@H](Cc1c[nH]c2ccccc12)NC(=O)[C@H](Cc1cnc[nH]1)NC(=O)[C@@H]1CCCN1C(=O)[C@H](Cc1ccccc1)NC(=O)[C@H](CCCCN)NC(=O)[C@H](CCCCN)NC(=O)[C@H](Cc1ccc(O)cc1)NC(=O)[C@@H](N)CCCCN)C(=O)O. The van der Waals surface area contributed by atoms with Gasteiger partial charge in [-0.1, -0.05) is 80.9 Å². The molecule has 26 heteroatoms. The van der Waals surface area contributed by atoms with Crippen LogP contribution >= 0.6 is 0 Å². The van der Waals surface area contributed by atoms with Crippen LogP contribution in [0.1, 0.15) is 113 Å². The fourth-order valence-corrected chi connectivity index (χ4v) is 10.9. The smallest absolute Gasteiger partial charge is 0.326 e. The molecular weight excluding hydrogens is 1150 g/mol. The van der Waals surface area contributed by atoms with Crippen LogP contribution in [0.25, 0.3) is 10.9 Å². The number of carbonyl (C=O) groups is 9. The van der Waals surface area contributed by atoms with Gasteiger partial charge >= 0.3 is 5.97 Å². The van der Waals surface area contributed by atoms with Crippen LogP contribution in [0.2, 0.25) is 0 Å². The van der Waals surface area contributed by atoms with E-state index in [9.17, 15) is 48.6 Å². The van der Waals surface area contributed by atoms with Crippen LogP contribution in [0, 0.1) is 5.92 Å². The summed E-state index contributed by atoms with van der Waals surface area (Å²) in [6.07, 6.45) is 8.42. The maximum absolute atomic E-state index is 15.2.